The Morgan fingerprint density at radius 1 is 1.35 bits per heavy atom. The topological polar surface area (TPSA) is 98.5 Å². The average molecular weight is 336 g/mol. The van der Waals surface area contributed by atoms with E-state index in [2.05, 4.69) is 10.5 Å². The molecule has 0 saturated carbocycles. The molecule has 23 heavy (non-hydrogen) atoms. The zero-order valence-electron chi connectivity index (χ0n) is 12.5. The lowest BCUT2D eigenvalue weighted by molar-refractivity contribution is 0.0602. The van der Waals surface area contributed by atoms with Crippen LogP contribution in [0.15, 0.2) is 34.9 Å². The zero-order valence-corrected chi connectivity index (χ0v) is 13.3. The van der Waals surface area contributed by atoms with E-state index in [9.17, 15) is 13.2 Å². The van der Waals surface area contributed by atoms with Crippen LogP contribution in [0.25, 0.3) is 11.3 Å². The van der Waals surface area contributed by atoms with Crippen molar-refractivity contribution >= 4 is 21.7 Å². The minimum absolute atomic E-state index is 0.00891. The number of aromatic nitrogens is 1. The van der Waals surface area contributed by atoms with Gasteiger partial charge in [-0.25, -0.2) is 13.2 Å². The first kappa shape index (κ1) is 15.5. The highest BCUT2D eigenvalue weighted by molar-refractivity contribution is 7.91. The van der Waals surface area contributed by atoms with Gasteiger partial charge in [-0.2, -0.15) is 0 Å². The van der Waals surface area contributed by atoms with Gasteiger partial charge in [0.15, 0.2) is 15.4 Å². The number of sulfone groups is 1. The molecule has 0 radical (unpaired) electrons. The Labute approximate surface area is 133 Å². The van der Waals surface area contributed by atoms with Crippen molar-refractivity contribution in [2.75, 3.05) is 23.9 Å². The summed E-state index contributed by atoms with van der Waals surface area (Å²) in [4.78, 5) is 12.1. The van der Waals surface area contributed by atoms with Gasteiger partial charge in [0, 0.05) is 11.6 Å². The van der Waals surface area contributed by atoms with Crippen LogP contribution >= 0.6 is 0 Å². The molecule has 1 fully saturated rings. The molecule has 2 aromatic rings. The summed E-state index contributed by atoms with van der Waals surface area (Å²) < 4.78 is 33.2. The molecule has 1 aliphatic heterocycles. The summed E-state index contributed by atoms with van der Waals surface area (Å²) in [6.07, 6.45) is 0.463. The molecule has 0 unspecified atom stereocenters. The number of nitrogens with one attached hydrogen (secondary N) is 1. The van der Waals surface area contributed by atoms with Crippen LogP contribution in [-0.4, -0.2) is 44.2 Å². The number of carbonyl (C=O) groups excluding carboxylic acids is 1. The Morgan fingerprint density at radius 2 is 2.09 bits per heavy atom. The number of anilines is 1. The monoisotopic (exact) mass is 336 g/mol. The van der Waals surface area contributed by atoms with E-state index < -0.39 is 15.8 Å². The van der Waals surface area contributed by atoms with Crippen molar-refractivity contribution in [2.45, 2.75) is 12.5 Å². The normalized spacial score (nSPS) is 19.4. The third-order valence-electron chi connectivity index (χ3n) is 3.70. The van der Waals surface area contributed by atoms with Gasteiger partial charge in [0.25, 0.3) is 0 Å². The molecule has 2 heterocycles. The first-order chi connectivity index (χ1) is 11.0. The van der Waals surface area contributed by atoms with E-state index >= 15 is 0 Å². The third kappa shape index (κ3) is 3.21. The van der Waals surface area contributed by atoms with Crippen LogP contribution in [0.4, 0.5) is 5.88 Å². The molecule has 0 amide bonds. The first-order valence-corrected chi connectivity index (χ1v) is 8.92. The van der Waals surface area contributed by atoms with Gasteiger partial charge in [-0.1, -0.05) is 35.5 Å². The van der Waals surface area contributed by atoms with Gasteiger partial charge in [-0.3, -0.25) is 0 Å². The highest BCUT2D eigenvalue weighted by atomic mass is 32.2. The van der Waals surface area contributed by atoms with E-state index in [4.69, 9.17) is 9.26 Å². The van der Waals surface area contributed by atoms with Crippen molar-refractivity contribution in [3.63, 3.8) is 0 Å². The molecule has 1 saturated heterocycles. The summed E-state index contributed by atoms with van der Waals surface area (Å²) in [6.45, 7) is 0. The molecule has 1 aliphatic rings. The Bertz CT molecular complexity index is 814. The predicted octanol–water partition coefficient (Wildman–Crippen LogP) is 1.73. The van der Waals surface area contributed by atoms with Crippen LogP contribution in [0, 0.1) is 0 Å². The maximum Gasteiger partial charge on any atom is 0.345 e. The molecule has 1 aromatic heterocycles. The van der Waals surface area contributed by atoms with E-state index in [1.807, 2.05) is 18.2 Å². The number of rotatable bonds is 4. The zero-order chi connectivity index (χ0) is 16.4. The number of nitrogens with zero attached hydrogens (tertiary/aromatic N) is 1. The number of esters is 1. The highest BCUT2D eigenvalue weighted by Crippen LogP contribution is 2.30. The number of ether oxygens (including phenoxy) is 1. The third-order valence-corrected chi connectivity index (χ3v) is 5.46. The van der Waals surface area contributed by atoms with Gasteiger partial charge in [-0.05, 0) is 6.42 Å². The maximum atomic E-state index is 12.1. The summed E-state index contributed by atoms with van der Waals surface area (Å²) in [7, 11) is -1.77. The predicted molar refractivity (Wildman–Crippen MR) is 84.0 cm³/mol. The fraction of sp³-hybridized carbons (Fsp3) is 0.333. The Balaban J connectivity index is 1.95. The van der Waals surface area contributed by atoms with Crippen LogP contribution in [0.1, 0.15) is 16.8 Å². The molecule has 122 valence electrons. The number of benzene rings is 1. The molecule has 3 rings (SSSR count). The fourth-order valence-electron chi connectivity index (χ4n) is 2.57. The van der Waals surface area contributed by atoms with Gasteiger partial charge < -0.3 is 14.6 Å². The molecule has 1 N–H and O–H groups in total. The Morgan fingerprint density at radius 3 is 2.70 bits per heavy atom. The summed E-state index contributed by atoms with van der Waals surface area (Å²) in [6, 6.07) is 8.79. The second-order valence-electron chi connectivity index (χ2n) is 5.34. The molecule has 7 nitrogen and oxygen atoms in total. The summed E-state index contributed by atoms with van der Waals surface area (Å²) in [5.41, 5.74) is 1.24. The number of methoxy groups -OCH3 is 1. The number of carbonyl (C=O) groups is 1. The molecule has 0 aliphatic carbocycles. The van der Waals surface area contributed by atoms with Crippen molar-refractivity contribution in [1.29, 1.82) is 0 Å². The van der Waals surface area contributed by atoms with Gasteiger partial charge in [0.2, 0.25) is 5.88 Å². The van der Waals surface area contributed by atoms with Crippen molar-refractivity contribution in [3.05, 3.63) is 35.9 Å². The van der Waals surface area contributed by atoms with Crippen molar-refractivity contribution in [3.8, 4) is 11.3 Å². The highest BCUT2D eigenvalue weighted by Gasteiger charge is 2.32. The minimum atomic E-state index is -3.04. The van der Waals surface area contributed by atoms with E-state index in [-0.39, 0.29) is 29.0 Å². The molecule has 1 aromatic carbocycles. The molecule has 8 heteroatoms. The fourth-order valence-corrected chi connectivity index (χ4v) is 4.24. The maximum absolute atomic E-state index is 12.1. The molecular formula is C15H16N2O5S. The molecular weight excluding hydrogens is 320 g/mol. The van der Waals surface area contributed by atoms with Crippen molar-refractivity contribution in [1.82, 2.24) is 5.16 Å². The second-order valence-corrected chi connectivity index (χ2v) is 7.57. The van der Waals surface area contributed by atoms with Gasteiger partial charge in [0.1, 0.15) is 5.69 Å². The van der Waals surface area contributed by atoms with Crippen LogP contribution in [0.3, 0.4) is 0 Å². The van der Waals surface area contributed by atoms with Crippen molar-refractivity contribution < 1.29 is 22.5 Å². The van der Waals surface area contributed by atoms with Crippen LogP contribution < -0.4 is 5.32 Å². The summed E-state index contributed by atoms with van der Waals surface area (Å²) >= 11 is 0. The van der Waals surface area contributed by atoms with E-state index in [1.165, 1.54) is 7.11 Å². The number of hydrogen-bond acceptors (Lipinski definition) is 7. The molecule has 0 bridgehead atoms. The molecule has 0 spiro atoms. The smallest absolute Gasteiger partial charge is 0.345 e. The van der Waals surface area contributed by atoms with E-state index in [0.29, 0.717) is 17.7 Å². The lowest BCUT2D eigenvalue weighted by Gasteiger charge is -2.10. The summed E-state index contributed by atoms with van der Waals surface area (Å²) in [5.74, 6) is -0.321. The van der Waals surface area contributed by atoms with Gasteiger partial charge >= 0.3 is 5.97 Å². The van der Waals surface area contributed by atoms with Crippen LogP contribution in [0.5, 0.6) is 0 Å². The van der Waals surface area contributed by atoms with Crippen LogP contribution in [-0.2, 0) is 14.6 Å². The van der Waals surface area contributed by atoms with E-state index in [1.54, 1.807) is 12.1 Å². The number of hydrogen-bond donors (Lipinski definition) is 1. The Hall–Kier alpha value is -2.35. The minimum Gasteiger partial charge on any atom is -0.465 e. The second kappa shape index (κ2) is 6.04. The van der Waals surface area contributed by atoms with Crippen LogP contribution in [0.2, 0.25) is 0 Å². The largest absolute Gasteiger partial charge is 0.465 e. The first-order valence-electron chi connectivity index (χ1n) is 7.10. The van der Waals surface area contributed by atoms with Gasteiger partial charge in [-0.15, -0.1) is 0 Å². The van der Waals surface area contributed by atoms with E-state index in [0.717, 1.165) is 0 Å². The Kier molecular flexibility index (Phi) is 4.08. The average Bonchev–Trinajstić information content (AvgIpc) is 3.11. The van der Waals surface area contributed by atoms with Crippen molar-refractivity contribution in [2.24, 2.45) is 0 Å². The standard InChI is InChI=1S/C15H16N2O5S/c1-21-15(18)12-13(10-5-3-2-4-6-10)17-22-14(12)16-11-7-8-23(19,20)9-11/h2-6,11,16H,7-9H2,1H3/t11-/m0/s1. The molecule has 1 atom stereocenters. The lowest BCUT2D eigenvalue weighted by Crippen LogP contribution is -2.21. The quantitative estimate of drug-likeness (QED) is 0.849. The van der Waals surface area contributed by atoms with Gasteiger partial charge in [0.05, 0.1) is 18.6 Å². The lowest BCUT2D eigenvalue weighted by atomic mass is 10.1. The SMILES string of the molecule is COC(=O)c1c(-c2ccccc2)noc1N[C@H]1CCS(=O)(=O)C1. The summed E-state index contributed by atoms with van der Waals surface area (Å²) in [5, 5.41) is 6.91.